The van der Waals surface area contributed by atoms with Gasteiger partial charge < -0.3 is 15.4 Å². The van der Waals surface area contributed by atoms with E-state index in [1.54, 1.807) is 49.7 Å². The van der Waals surface area contributed by atoms with Crippen LogP contribution in [0, 0.1) is 13.8 Å². The van der Waals surface area contributed by atoms with E-state index in [0.29, 0.717) is 75.9 Å². The van der Waals surface area contributed by atoms with Gasteiger partial charge in [-0.1, -0.05) is 54.6 Å². The Morgan fingerprint density at radius 3 is 2.15 bits per heavy atom. The van der Waals surface area contributed by atoms with Gasteiger partial charge in [0.1, 0.15) is 0 Å². The number of pyridine rings is 4. The summed E-state index contributed by atoms with van der Waals surface area (Å²) in [5, 5.41) is 7.47. The maximum absolute atomic E-state index is 13.7. The Labute approximate surface area is 340 Å². The van der Waals surface area contributed by atoms with Crippen LogP contribution in [0.5, 0.6) is 0 Å². The molecule has 0 saturated heterocycles. The first-order chi connectivity index (χ1) is 28.5. The van der Waals surface area contributed by atoms with Gasteiger partial charge in [0.2, 0.25) is 0 Å². The van der Waals surface area contributed by atoms with E-state index in [0.717, 1.165) is 30.7 Å². The van der Waals surface area contributed by atoms with Gasteiger partial charge >= 0.3 is 6.18 Å². The first-order valence-corrected chi connectivity index (χ1v) is 19.7. The van der Waals surface area contributed by atoms with Crippen LogP contribution in [0.25, 0.3) is 27.6 Å². The van der Waals surface area contributed by atoms with Crippen LogP contribution in [0.3, 0.4) is 0 Å². The zero-order valence-electron chi connectivity index (χ0n) is 33.1. The number of halogens is 3. The molecule has 0 radical (unpaired) electrons. The monoisotopic (exact) mass is 798 g/mol. The van der Waals surface area contributed by atoms with E-state index in [1.807, 2.05) is 25.1 Å². The molecule has 59 heavy (non-hydrogen) atoms. The van der Waals surface area contributed by atoms with Crippen molar-refractivity contribution >= 4 is 39.5 Å². The van der Waals surface area contributed by atoms with Crippen LogP contribution in [-0.2, 0) is 17.5 Å². The number of aryl methyl sites for hydroxylation is 2. The van der Waals surface area contributed by atoms with E-state index in [-0.39, 0.29) is 24.1 Å². The second-order valence-electron chi connectivity index (χ2n) is 14.8. The van der Waals surface area contributed by atoms with Crippen LogP contribution in [0.2, 0.25) is 0 Å². The van der Waals surface area contributed by atoms with Gasteiger partial charge in [-0.3, -0.25) is 9.59 Å². The molecule has 8 rings (SSSR count). The molecule has 2 aromatic carbocycles. The standard InChI is InChI=1S/C24H25N3O.C23H20F3N3O2/c1-16(20-12-6-7-13-21(20)18-9-4-3-5-10-18)27-24(28)22-15-19-11-8-14-25-23(19)26-17(22)2;1-14-19(12-17-3-2-8-27-21(17)29-14)22(30)28-13-15-4-5-18(16-6-9-31-10-7-16)20(11-15)23(24,25)26/h3-4,6-8,11-16,18H,5,9-10H2,1-2H3,(H,27,28);2-6,8,11-12H,7,9-10,13H2,1H3,(H,28,30). The number of carbonyl (C=O) groups is 2. The molecular formula is C47H45F3N6O3. The van der Waals surface area contributed by atoms with E-state index in [9.17, 15) is 22.8 Å². The maximum atomic E-state index is 13.7. The van der Waals surface area contributed by atoms with Gasteiger partial charge in [-0.15, -0.1) is 0 Å². The highest BCUT2D eigenvalue weighted by molar-refractivity contribution is 5.99. The summed E-state index contributed by atoms with van der Waals surface area (Å²) in [5.74, 6) is 0.0258. The Kier molecular flexibility index (Phi) is 12.6. The van der Waals surface area contributed by atoms with Crippen molar-refractivity contribution in [3.63, 3.8) is 0 Å². The fraction of sp³-hybridized carbons (Fsp3) is 0.277. The molecule has 6 aromatic rings. The minimum Gasteiger partial charge on any atom is -0.377 e. The van der Waals surface area contributed by atoms with Crippen molar-refractivity contribution in [3.05, 3.63) is 160 Å². The van der Waals surface area contributed by atoms with Gasteiger partial charge in [-0.25, -0.2) is 19.9 Å². The quantitative estimate of drug-likeness (QED) is 0.147. The molecule has 2 N–H and O–H groups in total. The van der Waals surface area contributed by atoms with Gasteiger partial charge in [-0.05, 0) is 123 Å². The van der Waals surface area contributed by atoms with Crippen molar-refractivity contribution in [2.24, 2.45) is 0 Å². The lowest BCUT2D eigenvalue weighted by Crippen LogP contribution is -2.28. The summed E-state index contributed by atoms with van der Waals surface area (Å²) < 4.78 is 46.3. The third-order valence-corrected chi connectivity index (χ3v) is 10.7. The Morgan fingerprint density at radius 1 is 0.847 bits per heavy atom. The number of nitrogens with zero attached hydrogens (tertiary/aromatic N) is 4. The molecule has 12 heteroatoms. The topological polar surface area (TPSA) is 119 Å². The van der Waals surface area contributed by atoms with E-state index in [2.05, 4.69) is 73.9 Å². The van der Waals surface area contributed by atoms with Crippen LogP contribution >= 0.6 is 0 Å². The van der Waals surface area contributed by atoms with Crippen LogP contribution in [0.1, 0.15) is 104 Å². The molecule has 5 heterocycles. The third kappa shape index (κ3) is 9.72. The van der Waals surface area contributed by atoms with Gasteiger partial charge in [0, 0.05) is 29.7 Å². The number of allylic oxidation sites excluding steroid dienone is 2. The summed E-state index contributed by atoms with van der Waals surface area (Å²) in [4.78, 5) is 42.9. The molecule has 9 nitrogen and oxygen atoms in total. The molecule has 302 valence electrons. The van der Waals surface area contributed by atoms with Crippen LogP contribution in [-0.4, -0.2) is 45.0 Å². The number of amides is 2. The van der Waals surface area contributed by atoms with Crippen molar-refractivity contribution in [1.29, 1.82) is 0 Å². The SMILES string of the molecule is Cc1nc2ncccc2cc1C(=O)NC(C)c1ccccc1C1CC=CCC1.Cc1nc2ncccc2cc1C(=O)NCc1ccc(C2=CCOCC2)c(C(F)(F)F)c1. The minimum absolute atomic E-state index is 0.0329. The summed E-state index contributed by atoms with van der Waals surface area (Å²) in [6, 6.07) is 23.5. The molecule has 2 aliphatic rings. The molecular weight excluding hydrogens is 754 g/mol. The van der Waals surface area contributed by atoms with E-state index in [4.69, 9.17) is 4.74 Å². The Bertz CT molecular complexity index is 2570. The minimum atomic E-state index is -4.50. The summed E-state index contributed by atoms with van der Waals surface area (Å²) in [5.41, 5.74) is 6.35. The molecule has 2 atom stereocenters. The first-order valence-electron chi connectivity index (χ1n) is 19.7. The molecule has 1 aliphatic heterocycles. The Hall–Kier alpha value is -6.27. The summed E-state index contributed by atoms with van der Waals surface area (Å²) in [7, 11) is 0. The number of ether oxygens (including phenoxy) is 1. The molecule has 0 bridgehead atoms. The first kappa shape index (κ1) is 40.9. The van der Waals surface area contributed by atoms with E-state index in [1.165, 1.54) is 17.2 Å². The van der Waals surface area contributed by atoms with E-state index >= 15 is 0 Å². The summed E-state index contributed by atoms with van der Waals surface area (Å²) >= 11 is 0. The zero-order valence-corrected chi connectivity index (χ0v) is 33.1. The fourth-order valence-corrected chi connectivity index (χ4v) is 7.62. The largest absolute Gasteiger partial charge is 0.417 e. The zero-order chi connectivity index (χ0) is 41.5. The molecule has 0 saturated carbocycles. The van der Waals surface area contributed by atoms with E-state index < -0.39 is 17.6 Å². The van der Waals surface area contributed by atoms with Crippen molar-refractivity contribution < 1.29 is 27.5 Å². The lowest BCUT2D eigenvalue weighted by Gasteiger charge is -2.25. The third-order valence-electron chi connectivity index (χ3n) is 10.7. The number of alkyl halides is 3. The number of hydrogen-bond donors (Lipinski definition) is 2. The average Bonchev–Trinajstić information content (AvgIpc) is 3.25. The van der Waals surface area contributed by atoms with Crippen molar-refractivity contribution in [2.75, 3.05) is 13.2 Å². The van der Waals surface area contributed by atoms with Crippen molar-refractivity contribution in [3.8, 4) is 0 Å². The number of carbonyl (C=O) groups excluding carboxylic acids is 2. The van der Waals surface area contributed by atoms with Gasteiger partial charge in [-0.2, -0.15) is 13.2 Å². The molecule has 0 spiro atoms. The number of nitrogens with one attached hydrogen (secondary N) is 2. The number of fused-ring (bicyclic) bond motifs is 2. The second-order valence-corrected chi connectivity index (χ2v) is 14.8. The highest BCUT2D eigenvalue weighted by Gasteiger charge is 2.34. The number of benzene rings is 2. The highest BCUT2D eigenvalue weighted by atomic mass is 19.4. The normalized spacial score (nSPS) is 15.8. The highest BCUT2D eigenvalue weighted by Crippen LogP contribution is 2.38. The molecule has 1 aliphatic carbocycles. The molecule has 0 fully saturated rings. The number of aromatic nitrogens is 4. The molecule has 2 unspecified atom stereocenters. The Morgan fingerprint density at radius 2 is 1.53 bits per heavy atom. The Balaban J connectivity index is 0.000000180. The van der Waals surface area contributed by atoms with Crippen LogP contribution < -0.4 is 10.6 Å². The maximum Gasteiger partial charge on any atom is 0.417 e. The summed E-state index contributed by atoms with van der Waals surface area (Å²) in [6.45, 7) is 6.28. The predicted octanol–water partition coefficient (Wildman–Crippen LogP) is 9.94. The van der Waals surface area contributed by atoms with Crippen molar-refractivity contribution in [2.45, 2.75) is 71.1 Å². The van der Waals surface area contributed by atoms with Crippen LogP contribution in [0.15, 0.2) is 109 Å². The molecule has 4 aromatic heterocycles. The predicted molar refractivity (Wildman–Crippen MR) is 223 cm³/mol. The average molecular weight is 799 g/mol. The lowest BCUT2D eigenvalue weighted by molar-refractivity contribution is -0.137. The molecule has 2 amide bonds. The second kappa shape index (κ2) is 18.1. The number of rotatable bonds is 8. The van der Waals surface area contributed by atoms with Gasteiger partial charge in [0.15, 0.2) is 11.3 Å². The fourth-order valence-electron chi connectivity index (χ4n) is 7.62. The summed E-state index contributed by atoms with van der Waals surface area (Å²) in [6.07, 6.45) is 8.83. The van der Waals surface area contributed by atoms with Gasteiger partial charge in [0.05, 0.1) is 47.3 Å². The van der Waals surface area contributed by atoms with Gasteiger partial charge in [0.25, 0.3) is 11.8 Å². The lowest BCUT2D eigenvalue weighted by atomic mass is 9.83. The van der Waals surface area contributed by atoms with Crippen LogP contribution in [0.4, 0.5) is 13.2 Å². The van der Waals surface area contributed by atoms with Crippen molar-refractivity contribution in [1.82, 2.24) is 30.6 Å². The smallest absolute Gasteiger partial charge is 0.377 e. The number of hydrogen-bond acceptors (Lipinski definition) is 7.